The van der Waals surface area contributed by atoms with Gasteiger partial charge >= 0.3 is 0 Å². The van der Waals surface area contributed by atoms with Crippen molar-refractivity contribution in [3.8, 4) is 0 Å². The van der Waals surface area contributed by atoms with Gasteiger partial charge in [-0.15, -0.1) is 6.58 Å². The first-order valence-electron chi connectivity index (χ1n) is 6.72. The highest BCUT2D eigenvalue weighted by Crippen LogP contribution is 2.32. The first kappa shape index (κ1) is 14.3. The van der Waals surface area contributed by atoms with Crippen LogP contribution in [0.4, 0.5) is 0 Å². The molecule has 1 saturated carbocycles. The van der Waals surface area contributed by atoms with E-state index in [1.807, 2.05) is 25.1 Å². The number of hydrogen-bond acceptors (Lipinski definition) is 2. The molecule has 0 aromatic heterocycles. The van der Waals surface area contributed by atoms with Crippen molar-refractivity contribution in [1.82, 2.24) is 4.72 Å². The van der Waals surface area contributed by atoms with Gasteiger partial charge in [-0.3, -0.25) is 0 Å². The molecular weight excluding hydrogens is 258 g/mol. The Hall–Kier alpha value is -1.13. The van der Waals surface area contributed by atoms with Crippen LogP contribution in [0.1, 0.15) is 24.8 Å². The number of hydrogen-bond donors (Lipinski definition) is 1. The number of allylic oxidation sites excluding steroid dienone is 1. The van der Waals surface area contributed by atoms with E-state index in [1.165, 1.54) is 0 Å². The highest BCUT2D eigenvalue weighted by molar-refractivity contribution is 7.89. The lowest BCUT2D eigenvalue weighted by molar-refractivity contribution is 0.450. The topological polar surface area (TPSA) is 46.2 Å². The fourth-order valence-electron chi connectivity index (χ4n) is 2.65. The van der Waals surface area contributed by atoms with Crippen molar-refractivity contribution in [3.63, 3.8) is 0 Å². The van der Waals surface area contributed by atoms with E-state index in [4.69, 9.17) is 0 Å². The van der Waals surface area contributed by atoms with Gasteiger partial charge in [0, 0.05) is 6.54 Å². The Balaban J connectivity index is 2.01. The first-order valence-corrected chi connectivity index (χ1v) is 8.20. The normalized spacial score (nSPS) is 23.4. The second-order valence-corrected chi connectivity index (χ2v) is 7.02. The molecule has 0 spiro atoms. The molecule has 0 amide bonds. The van der Waals surface area contributed by atoms with Crippen LogP contribution in [0.2, 0.25) is 0 Å². The van der Waals surface area contributed by atoms with Gasteiger partial charge in [0.2, 0.25) is 10.0 Å². The first-order chi connectivity index (χ1) is 9.03. The third kappa shape index (κ3) is 3.45. The lowest BCUT2D eigenvalue weighted by Gasteiger charge is -2.16. The molecule has 1 fully saturated rings. The fraction of sp³-hybridized carbons (Fsp3) is 0.467. The smallest absolute Gasteiger partial charge is 0.211 e. The van der Waals surface area contributed by atoms with E-state index >= 15 is 0 Å². The fourth-order valence-corrected chi connectivity index (χ4v) is 3.74. The molecule has 3 nitrogen and oxygen atoms in total. The van der Waals surface area contributed by atoms with Crippen LogP contribution in [0.5, 0.6) is 0 Å². The highest BCUT2D eigenvalue weighted by atomic mass is 32.2. The van der Waals surface area contributed by atoms with E-state index in [-0.39, 0.29) is 0 Å². The third-order valence-corrected chi connectivity index (χ3v) is 5.33. The molecule has 0 bridgehead atoms. The van der Waals surface area contributed by atoms with Crippen molar-refractivity contribution >= 4 is 10.0 Å². The van der Waals surface area contributed by atoms with Crippen LogP contribution in [0.25, 0.3) is 0 Å². The molecule has 19 heavy (non-hydrogen) atoms. The predicted molar refractivity (Wildman–Crippen MR) is 77.4 cm³/mol. The molecule has 1 N–H and O–H groups in total. The van der Waals surface area contributed by atoms with Gasteiger partial charge < -0.3 is 0 Å². The predicted octanol–water partition coefficient (Wildman–Crippen LogP) is 2.88. The largest absolute Gasteiger partial charge is 0.240 e. The third-order valence-electron chi connectivity index (χ3n) is 3.89. The van der Waals surface area contributed by atoms with Crippen molar-refractivity contribution in [3.05, 3.63) is 42.5 Å². The molecule has 1 aliphatic rings. The van der Waals surface area contributed by atoms with Crippen LogP contribution >= 0.6 is 0 Å². The van der Waals surface area contributed by atoms with E-state index in [2.05, 4.69) is 11.3 Å². The summed E-state index contributed by atoms with van der Waals surface area (Å²) in [6.07, 6.45) is 5.32. The number of aryl methyl sites for hydroxylation is 1. The van der Waals surface area contributed by atoms with Crippen LogP contribution in [-0.4, -0.2) is 15.0 Å². The van der Waals surface area contributed by atoms with Gasteiger partial charge in [0.05, 0.1) is 4.90 Å². The molecule has 0 radical (unpaired) electrons. The zero-order valence-corrected chi connectivity index (χ0v) is 12.1. The van der Waals surface area contributed by atoms with Crippen molar-refractivity contribution < 1.29 is 8.42 Å². The summed E-state index contributed by atoms with van der Waals surface area (Å²) in [6, 6.07) is 6.93. The quantitative estimate of drug-likeness (QED) is 0.842. The van der Waals surface area contributed by atoms with Gasteiger partial charge in [-0.05, 0) is 43.7 Å². The number of benzene rings is 1. The minimum atomic E-state index is -3.38. The molecule has 1 unspecified atom stereocenters. The minimum Gasteiger partial charge on any atom is -0.211 e. The molecular formula is C15H21NO2S. The van der Waals surface area contributed by atoms with Gasteiger partial charge in [0.25, 0.3) is 0 Å². The Labute approximate surface area is 115 Å². The molecule has 104 valence electrons. The lowest BCUT2D eigenvalue weighted by Crippen LogP contribution is -2.30. The van der Waals surface area contributed by atoms with E-state index in [0.717, 1.165) is 24.8 Å². The Morgan fingerprint density at radius 2 is 2.00 bits per heavy atom. The average molecular weight is 279 g/mol. The van der Waals surface area contributed by atoms with Crippen molar-refractivity contribution in [2.75, 3.05) is 6.54 Å². The molecule has 0 heterocycles. The van der Waals surface area contributed by atoms with Crippen LogP contribution < -0.4 is 4.72 Å². The Bertz CT molecular complexity index is 534. The monoisotopic (exact) mass is 279 g/mol. The summed E-state index contributed by atoms with van der Waals surface area (Å²) >= 11 is 0. The lowest BCUT2D eigenvalue weighted by atomic mass is 9.97. The SMILES string of the molecule is C=CC1CCC[C@@H]1CNS(=O)(=O)c1ccc(C)cc1. The molecule has 0 aliphatic heterocycles. The zero-order chi connectivity index (χ0) is 13.9. The Morgan fingerprint density at radius 1 is 1.32 bits per heavy atom. The molecule has 1 aromatic rings. The zero-order valence-electron chi connectivity index (χ0n) is 11.3. The van der Waals surface area contributed by atoms with Crippen LogP contribution in [0, 0.1) is 18.8 Å². The number of rotatable bonds is 5. The van der Waals surface area contributed by atoms with E-state index < -0.39 is 10.0 Å². The number of nitrogens with one attached hydrogen (secondary N) is 1. The summed E-state index contributed by atoms with van der Waals surface area (Å²) in [7, 11) is -3.38. The summed E-state index contributed by atoms with van der Waals surface area (Å²) in [5, 5.41) is 0. The Kier molecular flexibility index (Phi) is 4.42. The second-order valence-electron chi connectivity index (χ2n) is 5.26. The summed E-state index contributed by atoms with van der Waals surface area (Å²) in [6.45, 7) is 6.28. The minimum absolute atomic E-state index is 0.339. The van der Waals surface area contributed by atoms with E-state index in [0.29, 0.717) is 23.3 Å². The van der Waals surface area contributed by atoms with Crippen LogP contribution in [-0.2, 0) is 10.0 Å². The summed E-state index contributed by atoms with van der Waals surface area (Å²) in [5.41, 5.74) is 1.06. The highest BCUT2D eigenvalue weighted by Gasteiger charge is 2.26. The van der Waals surface area contributed by atoms with Gasteiger partial charge in [0.15, 0.2) is 0 Å². The van der Waals surface area contributed by atoms with E-state index in [9.17, 15) is 8.42 Å². The molecule has 2 atom stereocenters. The molecule has 1 aromatic carbocycles. The Morgan fingerprint density at radius 3 is 2.63 bits per heavy atom. The van der Waals surface area contributed by atoms with Gasteiger partial charge in [0.1, 0.15) is 0 Å². The van der Waals surface area contributed by atoms with Gasteiger partial charge in [-0.2, -0.15) is 0 Å². The average Bonchev–Trinajstić information content (AvgIpc) is 2.84. The molecule has 0 saturated heterocycles. The maximum atomic E-state index is 12.2. The van der Waals surface area contributed by atoms with Crippen LogP contribution in [0.15, 0.2) is 41.8 Å². The number of sulfonamides is 1. The molecule has 2 rings (SSSR count). The van der Waals surface area contributed by atoms with Gasteiger partial charge in [-0.25, -0.2) is 13.1 Å². The molecule has 1 aliphatic carbocycles. The second kappa shape index (κ2) is 5.88. The maximum absolute atomic E-state index is 12.2. The van der Waals surface area contributed by atoms with Crippen LogP contribution in [0.3, 0.4) is 0 Å². The van der Waals surface area contributed by atoms with Crippen molar-refractivity contribution in [2.45, 2.75) is 31.1 Å². The van der Waals surface area contributed by atoms with E-state index in [1.54, 1.807) is 12.1 Å². The summed E-state index contributed by atoms with van der Waals surface area (Å²) in [5.74, 6) is 0.832. The van der Waals surface area contributed by atoms with Gasteiger partial charge in [-0.1, -0.05) is 30.2 Å². The summed E-state index contributed by atoms with van der Waals surface area (Å²) in [4.78, 5) is 0.339. The standard InChI is InChI=1S/C15H21NO2S/c1-3-13-5-4-6-14(13)11-16-19(17,18)15-9-7-12(2)8-10-15/h3,7-10,13-14,16H,1,4-6,11H2,2H3/t13?,14-/m1/s1. The summed E-state index contributed by atoms with van der Waals surface area (Å²) < 4.78 is 27.0. The molecule has 4 heteroatoms. The van der Waals surface area contributed by atoms with Crippen molar-refractivity contribution in [1.29, 1.82) is 0 Å². The van der Waals surface area contributed by atoms with Crippen molar-refractivity contribution in [2.24, 2.45) is 11.8 Å². The maximum Gasteiger partial charge on any atom is 0.240 e.